The molecule has 4 aromatic heterocycles. The molecule has 1 atom stereocenters. The van der Waals surface area contributed by atoms with Gasteiger partial charge in [0.2, 0.25) is 5.95 Å². The molecule has 42 heavy (non-hydrogen) atoms. The van der Waals surface area contributed by atoms with Crippen LogP contribution in [0.1, 0.15) is 55.6 Å². The van der Waals surface area contributed by atoms with E-state index in [1.807, 2.05) is 0 Å². The van der Waals surface area contributed by atoms with Crippen LogP contribution in [-0.4, -0.2) is 63.9 Å². The third kappa shape index (κ3) is 8.19. The second-order valence-electron chi connectivity index (χ2n) is 8.96. The molecule has 1 aliphatic rings. The average Bonchev–Trinajstić information content (AvgIpc) is 3.74. The Morgan fingerprint density at radius 2 is 1.90 bits per heavy atom. The highest BCUT2D eigenvalue weighted by Crippen LogP contribution is 2.34. The first-order valence-electron chi connectivity index (χ1n) is 13.0. The highest BCUT2D eigenvalue weighted by Gasteiger charge is 2.24. The first-order chi connectivity index (χ1) is 20.3. The third-order valence-electron chi connectivity index (χ3n) is 6.05. The van der Waals surface area contributed by atoms with Crippen molar-refractivity contribution in [2.45, 2.75) is 51.8 Å². The minimum absolute atomic E-state index is 0.0386. The molecule has 13 nitrogen and oxygen atoms in total. The number of thiazole rings is 1. The van der Waals surface area contributed by atoms with Crippen molar-refractivity contribution in [3.63, 3.8) is 0 Å². The molecule has 0 spiro atoms. The van der Waals surface area contributed by atoms with E-state index in [9.17, 15) is 18.5 Å². The molecule has 226 valence electrons. The van der Waals surface area contributed by atoms with Gasteiger partial charge in [-0.1, -0.05) is 19.3 Å². The van der Waals surface area contributed by atoms with Crippen molar-refractivity contribution in [2.75, 3.05) is 18.7 Å². The van der Waals surface area contributed by atoms with Crippen molar-refractivity contribution in [1.29, 1.82) is 0 Å². The smallest absolute Gasteiger partial charge is 0.333 e. The summed E-state index contributed by atoms with van der Waals surface area (Å²) in [6.07, 6.45) is 9.75. The van der Waals surface area contributed by atoms with Gasteiger partial charge in [-0.25, -0.2) is 19.0 Å². The van der Waals surface area contributed by atoms with E-state index in [0.717, 1.165) is 44.2 Å². The van der Waals surface area contributed by atoms with Gasteiger partial charge >= 0.3 is 8.60 Å². The molecular weight excluding hydrogens is 595 g/mol. The number of aliphatic hydroxyl groups excluding tert-OH is 2. The Hall–Kier alpha value is -3.24. The zero-order chi connectivity index (χ0) is 30.1. The maximum atomic E-state index is 14.6. The van der Waals surface area contributed by atoms with E-state index in [4.69, 9.17) is 14.7 Å². The first kappa shape index (κ1) is 31.7. The fourth-order valence-corrected chi connectivity index (χ4v) is 5.38. The van der Waals surface area contributed by atoms with Gasteiger partial charge in [-0.2, -0.15) is 14.6 Å². The van der Waals surface area contributed by atoms with Crippen LogP contribution in [0.15, 0.2) is 36.1 Å². The van der Waals surface area contributed by atoms with Crippen LogP contribution in [0.25, 0.3) is 22.0 Å². The van der Waals surface area contributed by atoms with Crippen molar-refractivity contribution >= 4 is 31.5 Å². The van der Waals surface area contributed by atoms with Gasteiger partial charge in [0.05, 0.1) is 17.9 Å². The van der Waals surface area contributed by atoms with Crippen LogP contribution >= 0.6 is 19.9 Å². The summed E-state index contributed by atoms with van der Waals surface area (Å²) in [6.45, 7) is 1.13. The van der Waals surface area contributed by atoms with E-state index in [0.29, 0.717) is 10.6 Å². The molecule has 1 saturated carbocycles. The third-order valence-corrected chi connectivity index (χ3v) is 7.61. The molecule has 4 heterocycles. The number of rotatable bonds is 10. The van der Waals surface area contributed by atoms with Gasteiger partial charge in [-0.3, -0.25) is 18.5 Å². The molecular formula is C25H30F2N7O6PS. The van der Waals surface area contributed by atoms with Crippen molar-refractivity contribution < 1.29 is 37.7 Å². The number of aromatic nitrogens is 6. The van der Waals surface area contributed by atoms with Crippen molar-refractivity contribution in [3.05, 3.63) is 53.6 Å². The summed E-state index contributed by atoms with van der Waals surface area (Å²) in [7, 11) is -2.24. The maximum Gasteiger partial charge on any atom is 0.333 e. The molecule has 17 heteroatoms. The van der Waals surface area contributed by atoms with Crippen molar-refractivity contribution in [2.24, 2.45) is 0 Å². The number of nitrogens with one attached hydrogen (secondary N) is 1. The number of hydrogen-bond donors (Lipinski definition) is 4. The molecule has 5 rings (SSSR count). The minimum atomic E-state index is -2.24. The van der Waals surface area contributed by atoms with Crippen LogP contribution in [0, 0.1) is 11.8 Å². The predicted molar refractivity (Wildman–Crippen MR) is 150 cm³/mol. The van der Waals surface area contributed by atoms with E-state index in [-0.39, 0.29) is 42.1 Å². The lowest BCUT2D eigenvalue weighted by molar-refractivity contribution is 0.0644. The Balaban J connectivity index is 0.00000129. The maximum absolute atomic E-state index is 14.6. The summed E-state index contributed by atoms with van der Waals surface area (Å²) in [5, 5.41) is 29.6. The molecule has 1 fully saturated rings. The summed E-state index contributed by atoms with van der Waals surface area (Å²) < 4.78 is 41.2. The molecule has 1 unspecified atom stereocenters. The fraction of sp³-hybridized carbons (Fsp3) is 0.400. The molecule has 0 radical (unpaired) electrons. The largest absolute Gasteiger partial charge is 0.397 e. The lowest BCUT2D eigenvalue weighted by Gasteiger charge is -2.21. The lowest BCUT2D eigenvalue weighted by Crippen LogP contribution is -2.14. The number of nitrogens with zero attached hydrogens (tertiary/aromatic N) is 6. The molecule has 4 aromatic rings. The van der Waals surface area contributed by atoms with Gasteiger partial charge in [0.15, 0.2) is 12.6 Å². The normalized spacial score (nSPS) is 14.3. The Labute approximate surface area is 244 Å². The number of aliphatic hydroxyl groups is 2. The summed E-state index contributed by atoms with van der Waals surface area (Å²) in [4.78, 5) is 30.6. The van der Waals surface area contributed by atoms with Crippen LogP contribution in [-0.2, 0) is 15.8 Å². The van der Waals surface area contributed by atoms with E-state index in [1.54, 1.807) is 29.4 Å². The highest BCUT2D eigenvalue weighted by atomic mass is 32.1. The molecule has 0 saturated heterocycles. The Morgan fingerprint density at radius 1 is 1.14 bits per heavy atom. The number of carbonyl (C=O) groups excluding carboxylic acids is 1. The zero-order valence-corrected chi connectivity index (χ0v) is 24.3. The van der Waals surface area contributed by atoms with Crippen LogP contribution in [0.5, 0.6) is 0 Å². The SMILES string of the molecule is CCO.O=C(Nc1cn(C2CCCCC2)nc1-c1nc(F)ccc1F)c1csc(-c2cnn(COP(O)OCO)c2)n1. The Kier molecular flexibility index (Phi) is 11.5. The Bertz CT molecular complexity index is 1460. The Morgan fingerprint density at radius 3 is 2.64 bits per heavy atom. The van der Waals surface area contributed by atoms with Crippen LogP contribution in [0.3, 0.4) is 0 Å². The summed E-state index contributed by atoms with van der Waals surface area (Å²) in [5.41, 5.74) is 0.664. The number of anilines is 1. The number of amides is 1. The van der Waals surface area contributed by atoms with Gasteiger partial charge in [-0.15, -0.1) is 11.3 Å². The van der Waals surface area contributed by atoms with E-state index < -0.39 is 33.1 Å². The van der Waals surface area contributed by atoms with E-state index >= 15 is 0 Å². The van der Waals surface area contributed by atoms with Gasteiger partial charge in [0.25, 0.3) is 5.91 Å². The average molecular weight is 626 g/mol. The van der Waals surface area contributed by atoms with Crippen molar-refractivity contribution in [3.8, 4) is 22.0 Å². The minimum Gasteiger partial charge on any atom is -0.397 e. The number of pyridine rings is 1. The topological polar surface area (TPSA) is 170 Å². The standard InChI is InChI=1S/C23H24F2N7O5PS.C2H6O/c24-16-6-7-19(25)29-20(16)21-17(10-32(30-21)15-4-2-1-3-5-15)27-22(34)18-11-39-23(28-18)14-8-26-31(9-14)12-36-38(35)37-13-33;1-2-3/h6-11,15,33,35H,1-5,12-13H2,(H,27,34);3H,2H2,1H3. The summed E-state index contributed by atoms with van der Waals surface area (Å²) in [5.74, 6) is -2.17. The highest BCUT2D eigenvalue weighted by molar-refractivity contribution is 7.40. The fourth-order valence-electron chi connectivity index (χ4n) is 4.21. The quantitative estimate of drug-likeness (QED) is 0.112. The summed E-state index contributed by atoms with van der Waals surface area (Å²) >= 11 is 1.21. The van der Waals surface area contributed by atoms with Gasteiger partial charge < -0.3 is 20.4 Å². The van der Waals surface area contributed by atoms with Gasteiger partial charge in [0.1, 0.15) is 28.8 Å². The monoisotopic (exact) mass is 625 g/mol. The number of carbonyl (C=O) groups is 1. The molecule has 0 aromatic carbocycles. The molecule has 1 aliphatic carbocycles. The van der Waals surface area contributed by atoms with Gasteiger partial charge in [0, 0.05) is 29.9 Å². The first-order valence-corrected chi connectivity index (χ1v) is 15.0. The molecule has 0 bridgehead atoms. The second-order valence-corrected chi connectivity index (χ2v) is 10.8. The van der Waals surface area contributed by atoms with Gasteiger partial charge in [-0.05, 0) is 31.9 Å². The molecule has 1 amide bonds. The number of halogens is 2. The van der Waals surface area contributed by atoms with Crippen LogP contribution in [0.2, 0.25) is 0 Å². The number of hydrogen-bond acceptors (Lipinski definition) is 11. The molecule has 0 aliphatic heterocycles. The van der Waals surface area contributed by atoms with Crippen LogP contribution < -0.4 is 5.32 Å². The lowest BCUT2D eigenvalue weighted by atomic mass is 9.96. The summed E-state index contributed by atoms with van der Waals surface area (Å²) in [6, 6.07) is 1.98. The predicted octanol–water partition coefficient (Wildman–Crippen LogP) is 4.46. The zero-order valence-electron chi connectivity index (χ0n) is 22.6. The van der Waals surface area contributed by atoms with Crippen LogP contribution in [0.4, 0.5) is 14.5 Å². The van der Waals surface area contributed by atoms with E-state index in [1.165, 1.54) is 22.2 Å². The van der Waals surface area contributed by atoms with E-state index in [2.05, 4.69) is 30.0 Å². The second kappa shape index (κ2) is 15.3. The molecule has 4 N–H and O–H groups in total. The van der Waals surface area contributed by atoms with Crippen molar-refractivity contribution in [1.82, 2.24) is 29.5 Å².